The highest BCUT2D eigenvalue weighted by Gasteiger charge is 2.76. The fourth-order valence-electron chi connectivity index (χ4n) is 2.36. The minimum Gasteiger partial charge on any atom is -0.458 e. The monoisotopic (exact) mass is 284 g/mol. The summed E-state index contributed by atoms with van der Waals surface area (Å²) in [4.78, 5) is 11.8. The van der Waals surface area contributed by atoms with E-state index in [4.69, 9.17) is 9.47 Å². The van der Waals surface area contributed by atoms with Gasteiger partial charge in [0.15, 0.2) is 0 Å². The van der Waals surface area contributed by atoms with Gasteiger partial charge in [-0.25, -0.2) is 9.18 Å². The molecule has 0 amide bonds. The van der Waals surface area contributed by atoms with E-state index in [2.05, 4.69) is 0 Å². The van der Waals surface area contributed by atoms with E-state index in [0.717, 1.165) is 12.2 Å². The van der Waals surface area contributed by atoms with E-state index in [-0.39, 0.29) is 6.61 Å². The second-order valence-electron chi connectivity index (χ2n) is 4.76. The molecule has 6 heteroatoms. The molecule has 1 fully saturated rings. The van der Waals surface area contributed by atoms with Crippen LogP contribution in [0, 0.1) is 0 Å². The van der Waals surface area contributed by atoms with Gasteiger partial charge in [0, 0.05) is 0 Å². The quantitative estimate of drug-likeness (QED) is 0.631. The Morgan fingerprint density at radius 2 is 1.80 bits per heavy atom. The highest BCUT2D eigenvalue weighted by Crippen LogP contribution is 2.51. The molecule has 2 heterocycles. The van der Waals surface area contributed by atoms with Crippen molar-refractivity contribution in [2.45, 2.75) is 30.4 Å². The van der Waals surface area contributed by atoms with Crippen molar-refractivity contribution in [2.24, 2.45) is 0 Å². The highest BCUT2D eigenvalue weighted by molar-refractivity contribution is 5.83. The van der Waals surface area contributed by atoms with Crippen molar-refractivity contribution in [1.82, 2.24) is 0 Å². The second kappa shape index (κ2) is 4.34. The molecule has 0 spiro atoms. The lowest BCUT2D eigenvalue weighted by molar-refractivity contribution is -0.186. The number of benzene rings is 1. The first-order valence-electron chi connectivity index (χ1n) is 6.08. The Labute approximate surface area is 113 Å². The van der Waals surface area contributed by atoms with Crippen LogP contribution in [0.5, 0.6) is 0 Å². The molecule has 3 atom stereocenters. The standard InChI is InChI=1S/C14H11F3O3/c15-13(10-6-7-11(20-10)14(13,16)17)12(18)19-8-9-4-2-1-3-5-9/h1-7,10-11H,8H2. The summed E-state index contributed by atoms with van der Waals surface area (Å²) < 4.78 is 51.5. The second-order valence-corrected chi connectivity index (χ2v) is 4.76. The lowest BCUT2D eigenvalue weighted by Crippen LogP contribution is -2.57. The molecule has 2 bridgehead atoms. The summed E-state index contributed by atoms with van der Waals surface area (Å²) in [5.41, 5.74) is -2.87. The average Bonchev–Trinajstić information content (AvgIpc) is 3.00. The van der Waals surface area contributed by atoms with E-state index in [9.17, 15) is 18.0 Å². The van der Waals surface area contributed by atoms with Gasteiger partial charge in [-0.2, -0.15) is 8.78 Å². The molecule has 2 aliphatic rings. The van der Waals surface area contributed by atoms with Crippen LogP contribution in [0.4, 0.5) is 13.2 Å². The number of fused-ring (bicyclic) bond motifs is 2. The number of ether oxygens (including phenoxy) is 2. The third-order valence-corrected chi connectivity index (χ3v) is 3.50. The molecule has 3 nitrogen and oxygen atoms in total. The maximum absolute atomic E-state index is 14.5. The van der Waals surface area contributed by atoms with Gasteiger partial charge < -0.3 is 9.47 Å². The minimum absolute atomic E-state index is 0.261. The van der Waals surface area contributed by atoms with E-state index in [1.54, 1.807) is 30.3 Å². The van der Waals surface area contributed by atoms with Crippen LogP contribution < -0.4 is 0 Å². The van der Waals surface area contributed by atoms with Crippen LogP contribution in [-0.4, -0.2) is 29.8 Å². The van der Waals surface area contributed by atoms with Gasteiger partial charge >= 0.3 is 17.6 Å². The molecule has 1 saturated heterocycles. The number of halogens is 3. The summed E-state index contributed by atoms with van der Waals surface area (Å²) in [6, 6.07) is 8.45. The Hall–Kier alpha value is -1.82. The molecule has 0 radical (unpaired) electrons. The predicted molar refractivity (Wildman–Crippen MR) is 62.8 cm³/mol. The van der Waals surface area contributed by atoms with Crippen LogP contribution in [0.25, 0.3) is 0 Å². The number of carbonyl (C=O) groups excluding carboxylic acids is 1. The smallest absolute Gasteiger partial charge is 0.354 e. The summed E-state index contributed by atoms with van der Waals surface area (Å²) >= 11 is 0. The van der Waals surface area contributed by atoms with Crippen molar-refractivity contribution in [2.75, 3.05) is 0 Å². The zero-order valence-corrected chi connectivity index (χ0v) is 10.3. The molecule has 3 rings (SSSR count). The fraction of sp³-hybridized carbons (Fsp3) is 0.357. The van der Waals surface area contributed by atoms with Crippen LogP contribution in [0.3, 0.4) is 0 Å². The molecular formula is C14H11F3O3. The van der Waals surface area contributed by atoms with Gasteiger partial charge in [-0.05, 0) is 5.56 Å². The van der Waals surface area contributed by atoms with Crippen molar-refractivity contribution in [3.63, 3.8) is 0 Å². The number of rotatable bonds is 3. The summed E-state index contributed by atoms with van der Waals surface area (Å²) in [6.45, 7) is -0.261. The van der Waals surface area contributed by atoms with Crippen molar-refractivity contribution >= 4 is 5.97 Å². The summed E-state index contributed by atoms with van der Waals surface area (Å²) in [6.07, 6.45) is -1.11. The largest absolute Gasteiger partial charge is 0.458 e. The third kappa shape index (κ3) is 1.67. The normalized spacial score (nSPS) is 33.4. The van der Waals surface area contributed by atoms with Gasteiger partial charge in [0.05, 0.1) is 0 Å². The van der Waals surface area contributed by atoms with E-state index in [1.165, 1.54) is 0 Å². The van der Waals surface area contributed by atoms with Gasteiger partial charge in [-0.15, -0.1) is 0 Å². The van der Waals surface area contributed by atoms with Gasteiger partial charge in [-0.3, -0.25) is 0 Å². The molecule has 0 saturated carbocycles. The fourth-order valence-corrected chi connectivity index (χ4v) is 2.36. The topological polar surface area (TPSA) is 35.5 Å². The first-order valence-corrected chi connectivity index (χ1v) is 6.08. The lowest BCUT2D eigenvalue weighted by Gasteiger charge is -2.29. The first-order chi connectivity index (χ1) is 9.46. The summed E-state index contributed by atoms with van der Waals surface area (Å²) in [5, 5.41) is 0. The van der Waals surface area contributed by atoms with Gasteiger partial charge in [0.1, 0.15) is 18.8 Å². The zero-order valence-electron chi connectivity index (χ0n) is 10.3. The average molecular weight is 284 g/mol. The Balaban J connectivity index is 1.76. The SMILES string of the molecule is O=C(OCc1ccccc1)C1(F)C2C=CC(O2)C1(F)F. The third-order valence-electron chi connectivity index (χ3n) is 3.50. The maximum atomic E-state index is 14.5. The molecule has 0 aliphatic carbocycles. The van der Waals surface area contributed by atoms with Crippen LogP contribution in [0.1, 0.15) is 5.56 Å². The highest BCUT2D eigenvalue weighted by atomic mass is 19.3. The van der Waals surface area contributed by atoms with Gasteiger partial charge in [0.2, 0.25) is 0 Å². The molecule has 1 aromatic rings. The molecule has 106 valence electrons. The van der Waals surface area contributed by atoms with Crippen molar-refractivity contribution in [1.29, 1.82) is 0 Å². The zero-order chi connectivity index (χ0) is 14.4. The molecule has 3 unspecified atom stereocenters. The van der Waals surface area contributed by atoms with Crippen LogP contribution in [0.2, 0.25) is 0 Å². The van der Waals surface area contributed by atoms with Crippen molar-refractivity contribution in [3.8, 4) is 0 Å². The van der Waals surface area contributed by atoms with Crippen LogP contribution in [-0.2, 0) is 20.9 Å². The van der Waals surface area contributed by atoms with E-state index in [0.29, 0.717) is 5.56 Å². The Morgan fingerprint density at radius 1 is 1.15 bits per heavy atom. The molecule has 0 N–H and O–H groups in total. The molecule has 1 aromatic carbocycles. The van der Waals surface area contributed by atoms with E-state index < -0.39 is 29.8 Å². The first kappa shape index (κ1) is 13.2. The number of hydrogen-bond donors (Lipinski definition) is 0. The summed E-state index contributed by atoms with van der Waals surface area (Å²) in [5.74, 6) is -5.51. The number of hydrogen-bond acceptors (Lipinski definition) is 3. The molecule has 0 aromatic heterocycles. The summed E-state index contributed by atoms with van der Waals surface area (Å²) in [7, 11) is 0. The molecule has 2 aliphatic heterocycles. The van der Waals surface area contributed by atoms with Gasteiger partial charge in [0.25, 0.3) is 0 Å². The lowest BCUT2D eigenvalue weighted by atomic mass is 9.87. The Morgan fingerprint density at radius 3 is 2.40 bits per heavy atom. The predicted octanol–water partition coefficient (Wildman–Crippen LogP) is 2.41. The number of alkyl halides is 3. The maximum Gasteiger partial charge on any atom is 0.354 e. The molecule has 20 heavy (non-hydrogen) atoms. The number of esters is 1. The van der Waals surface area contributed by atoms with E-state index >= 15 is 0 Å². The number of carbonyl (C=O) groups is 1. The van der Waals surface area contributed by atoms with E-state index in [1.807, 2.05) is 0 Å². The minimum atomic E-state index is -3.92. The Bertz CT molecular complexity index is 558. The molecular weight excluding hydrogens is 273 g/mol. The Kier molecular flexibility index (Phi) is 2.86. The van der Waals surface area contributed by atoms with Gasteiger partial charge in [-0.1, -0.05) is 42.5 Å². The van der Waals surface area contributed by atoms with Crippen molar-refractivity contribution in [3.05, 3.63) is 48.0 Å². The van der Waals surface area contributed by atoms with Crippen LogP contribution in [0.15, 0.2) is 42.5 Å². The van der Waals surface area contributed by atoms with Crippen LogP contribution >= 0.6 is 0 Å². The van der Waals surface area contributed by atoms with Crippen molar-refractivity contribution < 1.29 is 27.4 Å².